The minimum absolute atomic E-state index is 0.0270. The molecule has 2 aliphatic heterocycles. The van der Waals surface area contributed by atoms with Crippen molar-refractivity contribution in [3.8, 4) is 0 Å². The zero-order valence-corrected chi connectivity index (χ0v) is 17.4. The van der Waals surface area contributed by atoms with Gasteiger partial charge in [-0.2, -0.15) is 0 Å². The smallest absolute Gasteiger partial charge is 0.257 e. The number of nitrogens with one attached hydrogen (secondary N) is 1. The second-order valence-electron chi connectivity index (χ2n) is 7.54. The number of likely N-dealkylation sites (N-methyl/N-ethyl adjacent to an activating group) is 1. The van der Waals surface area contributed by atoms with Crippen LogP contribution in [0.3, 0.4) is 0 Å². The highest BCUT2D eigenvalue weighted by Gasteiger charge is 2.34. The fraction of sp³-hybridized carbons (Fsp3) is 0.318. The number of rotatable bonds is 5. The van der Waals surface area contributed by atoms with Crippen LogP contribution in [-0.2, 0) is 14.4 Å². The number of nitrogens with zero attached hydrogens (tertiary/aromatic N) is 2. The third-order valence-corrected chi connectivity index (χ3v) is 5.31. The largest absolute Gasteiger partial charge is 0.398 e. The lowest BCUT2D eigenvalue weighted by Gasteiger charge is -2.32. The Bertz CT molecular complexity index is 999. The summed E-state index contributed by atoms with van der Waals surface area (Å²) in [6, 6.07) is 5.81. The number of hydrogen-bond acceptors (Lipinski definition) is 6. The summed E-state index contributed by atoms with van der Waals surface area (Å²) in [4.78, 5) is 40.0. The third kappa shape index (κ3) is 5.30. The molecule has 0 saturated carbocycles. The van der Waals surface area contributed by atoms with E-state index in [0.29, 0.717) is 35.5 Å². The van der Waals surface area contributed by atoms with Gasteiger partial charge in [0.05, 0.1) is 13.0 Å². The SMILES string of the molecule is CN1C(=O)CC2=C(CCCCN2CC(=O)N/C(N)=C/C=C(\N)c2cccc(F)c2)C1=O. The summed E-state index contributed by atoms with van der Waals surface area (Å²) < 4.78 is 13.3. The average Bonchev–Trinajstić information content (AvgIpc) is 2.92. The predicted molar refractivity (Wildman–Crippen MR) is 114 cm³/mol. The molecule has 2 aliphatic rings. The highest BCUT2D eigenvalue weighted by Crippen LogP contribution is 2.29. The number of carbonyl (C=O) groups is 3. The summed E-state index contributed by atoms with van der Waals surface area (Å²) >= 11 is 0. The standard InChI is InChI=1S/C22H26FN5O3/c1-27-21(30)12-18-16(22(27)31)7-2-3-10-28(18)13-20(29)26-19(25)9-8-17(24)14-5-4-6-15(23)11-14/h4-6,8-9,11H,2-3,7,10,12-13,24-25H2,1H3,(H,26,29)/b17-8-,19-9+. The molecule has 0 saturated heterocycles. The number of amides is 3. The van der Waals surface area contributed by atoms with Gasteiger partial charge in [0.25, 0.3) is 5.91 Å². The van der Waals surface area contributed by atoms with E-state index in [2.05, 4.69) is 5.32 Å². The summed E-state index contributed by atoms with van der Waals surface area (Å²) in [5.41, 5.74) is 13.8. The van der Waals surface area contributed by atoms with Gasteiger partial charge in [-0.05, 0) is 43.5 Å². The van der Waals surface area contributed by atoms with Crippen LogP contribution in [0.2, 0.25) is 0 Å². The van der Waals surface area contributed by atoms with E-state index < -0.39 is 5.82 Å². The molecule has 5 N–H and O–H groups in total. The molecule has 9 heteroatoms. The maximum Gasteiger partial charge on any atom is 0.257 e. The van der Waals surface area contributed by atoms with Crippen LogP contribution in [0.25, 0.3) is 5.70 Å². The lowest BCUT2D eigenvalue weighted by atomic mass is 10.0. The first-order chi connectivity index (χ1) is 14.8. The topological polar surface area (TPSA) is 122 Å². The number of allylic oxidation sites excluding steroid dienone is 2. The van der Waals surface area contributed by atoms with Gasteiger partial charge in [0.1, 0.15) is 11.6 Å². The van der Waals surface area contributed by atoms with Crippen LogP contribution in [0, 0.1) is 5.82 Å². The fourth-order valence-corrected chi connectivity index (χ4v) is 3.63. The van der Waals surface area contributed by atoms with Crippen molar-refractivity contribution >= 4 is 23.4 Å². The molecule has 0 unspecified atom stereocenters. The van der Waals surface area contributed by atoms with Gasteiger partial charge in [-0.25, -0.2) is 4.39 Å². The van der Waals surface area contributed by atoms with Crippen molar-refractivity contribution in [3.05, 3.63) is 64.9 Å². The van der Waals surface area contributed by atoms with Crippen LogP contribution >= 0.6 is 0 Å². The van der Waals surface area contributed by atoms with E-state index >= 15 is 0 Å². The molecule has 0 atom stereocenters. The van der Waals surface area contributed by atoms with E-state index in [4.69, 9.17) is 11.5 Å². The molecular weight excluding hydrogens is 401 g/mol. The van der Waals surface area contributed by atoms with Crippen molar-refractivity contribution in [2.45, 2.75) is 25.7 Å². The first-order valence-electron chi connectivity index (χ1n) is 10.0. The fourth-order valence-electron chi connectivity index (χ4n) is 3.63. The second-order valence-corrected chi connectivity index (χ2v) is 7.54. The van der Waals surface area contributed by atoms with Crippen molar-refractivity contribution in [1.82, 2.24) is 15.1 Å². The Morgan fingerprint density at radius 3 is 2.74 bits per heavy atom. The van der Waals surface area contributed by atoms with Crippen LogP contribution in [-0.4, -0.2) is 47.7 Å². The molecule has 0 fully saturated rings. The van der Waals surface area contributed by atoms with Crippen LogP contribution in [0.15, 0.2) is 53.5 Å². The second kappa shape index (κ2) is 9.46. The van der Waals surface area contributed by atoms with Crippen LogP contribution in [0.4, 0.5) is 4.39 Å². The zero-order chi connectivity index (χ0) is 22.5. The minimum Gasteiger partial charge on any atom is -0.398 e. The molecular formula is C22H26FN5O3. The predicted octanol–water partition coefficient (Wildman–Crippen LogP) is 1.17. The number of halogens is 1. The molecule has 8 nitrogen and oxygen atoms in total. The molecule has 2 heterocycles. The summed E-state index contributed by atoms with van der Waals surface area (Å²) in [5, 5.41) is 2.57. The van der Waals surface area contributed by atoms with Crippen LogP contribution in [0.5, 0.6) is 0 Å². The van der Waals surface area contributed by atoms with Crippen molar-refractivity contribution < 1.29 is 18.8 Å². The van der Waals surface area contributed by atoms with Crippen molar-refractivity contribution in [3.63, 3.8) is 0 Å². The van der Waals surface area contributed by atoms with E-state index in [1.807, 2.05) is 0 Å². The Hall–Kier alpha value is -3.62. The van der Waals surface area contributed by atoms with Gasteiger partial charge in [-0.1, -0.05) is 12.1 Å². The van der Waals surface area contributed by atoms with E-state index in [-0.39, 0.29) is 36.5 Å². The first kappa shape index (κ1) is 22.1. The Morgan fingerprint density at radius 2 is 2.00 bits per heavy atom. The molecule has 0 aliphatic carbocycles. The normalized spacial score (nSPS) is 18.1. The molecule has 3 rings (SSSR count). The van der Waals surface area contributed by atoms with E-state index in [1.54, 1.807) is 17.0 Å². The number of benzene rings is 1. The number of imide groups is 1. The molecule has 1 aromatic rings. The maximum atomic E-state index is 13.3. The Morgan fingerprint density at radius 1 is 1.23 bits per heavy atom. The summed E-state index contributed by atoms with van der Waals surface area (Å²) in [6.07, 6.45) is 5.22. The molecule has 0 aromatic heterocycles. The van der Waals surface area contributed by atoms with Gasteiger partial charge in [0.2, 0.25) is 11.8 Å². The summed E-state index contributed by atoms with van der Waals surface area (Å²) in [5.74, 6) is -1.29. The molecule has 0 bridgehead atoms. The van der Waals surface area contributed by atoms with E-state index in [9.17, 15) is 18.8 Å². The van der Waals surface area contributed by atoms with Crippen molar-refractivity contribution in [1.29, 1.82) is 0 Å². The highest BCUT2D eigenvalue weighted by atomic mass is 19.1. The van der Waals surface area contributed by atoms with Gasteiger partial charge < -0.3 is 21.7 Å². The molecule has 1 aromatic carbocycles. The van der Waals surface area contributed by atoms with Gasteiger partial charge in [0.15, 0.2) is 0 Å². The minimum atomic E-state index is -0.406. The molecule has 0 radical (unpaired) electrons. The quantitative estimate of drug-likeness (QED) is 0.479. The molecule has 31 heavy (non-hydrogen) atoms. The summed E-state index contributed by atoms with van der Waals surface area (Å²) in [7, 11) is 1.48. The van der Waals surface area contributed by atoms with Crippen LogP contribution < -0.4 is 16.8 Å². The van der Waals surface area contributed by atoms with Crippen molar-refractivity contribution in [2.75, 3.05) is 20.1 Å². The molecule has 164 valence electrons. The van der Waals surface area contributed by atoms with Crippen LogP contribution in [0.1, 0.15) is 31.2 Å². The molecule has 0 spiro atoms. The number of nitrogens with two attached hydrogens (primary N) is 2. The van der Waals surface area contributed by atoms with Gasteiger partial charge in [0, 0.05) is 36.1 Å². The lowest BCUT2D eigenvalue weighted by Crippen LogP contribution is -2.44. The third-order valence-electron chi connectivity index (χ3n) is 5.31. The number of hydrogen-bond donors (Lipinski definition) is 3. The molecule has 3 amide bonds. The Kier molecular flexibility index (Phi) is 6.74. The monoisotopic (exact) mass is 427 g/mol. The lowest BCUT2D eigenvalue weighted by molar-refractivity contribution is -0.142. The maximum absolute atomic E-state index is 13.3. The summed E-state index contributed by atoms with van der Waals surface area (Å²) in [6.45, 7) is 0.549. The van der Waals surface area contributed by atoms with E-state index in [0.717, 1.165) is 17.7 Å². The highest BCUT2D eigenvalue weighted by molar-refractivity contribution is 6.08. The van der Waals surface area contributed by atoms with Gasteiger partial charge >= 0.3 is 0 Å². The van der Waals surface area contributed by atoms with Gasteiger partial charge in [-0.15, -0.1) is 0 Å². The van der Waals surface area contributed by atoms with Gasteiger partial charge in [-0.3, -0.25) is 19.3 Å². The average molecular weight is 427 g/mol. The Labute approximate surface area is 180 Å². The Balaban J connectivity index is 1.68. The van der Waals surface area contributed by atoms with E-state index in [1.165, 1.54) is 31.3 Å². The van der Waals surface area contributed by atoms with Crippen molar-refractivity contribution in [2.24, 2.45) is 11.5 Å². The first-order valence-corrected chi connectivity index (χ1v) is 10.0. The zero-order valence-electron chi connectivity index (χ0n) is 17.4. The number of carbonyl (C=O) groups excluding carboxylic acids is 3.